The Morgan fingerprint density at radius 3 is 3.17 bits per heavy atom. The molecule has 0 radical (unpaired) electrons. The molecule has 1 heterocycles. The van der Waals surface area contributed by atoms with Gasteiger partial charge in [-0.15, -0.1) is 0 Å². The van der Waals surface area contributed by atoms with E-state index >= 15 is 0 Å². The van der Waals surface area contributed by atoms with Crippen LogP contribution in [0.5, 0.6) is 0 Å². The molecule has 0 unspecified atom stereocenters. The fourth-order valence-electron chi connectivity index (χ4n) is 1.77. The number of aryl methyl sites for hydroxylation is 1. The van der Waals surface area contributed by atoms with Crippen LogP contribution in [0.25, 0.3) is 0 Å². The molecule has 0 amide bonds. The third-order valence-corrected chi connectivity index (χ3v) is 2.57. The van der Waals surface area contributed by atoms with Crippen LogP contribution in [-0.4, -0.2) is 12.3 Å². The highest BCUT2D eigenvalue weighted by Gasteiger charge is 2.12. The van der Waals surface area contributed by atoms with Gasteiger partial charge < -0.3 is 5.32 Å². The van der Waals surface area contributed by atoms with E-state index in [0.29, 0.717) is 0 Å². The Morgan fingerprint density at radius 1 is 1.42 bits per heavy atom. The maximum absolute atomic E-state index is 4.25. The second-order valence-electron chi connectivity index (χ2n) is 3.09. The molecule has 1 nitrogen and oxygen atoms in total. The first kappa shape index (κ1) is 7.99. The van der Waals surface area contributed by atoms with E-state index in [0.717, 1.165) is 18.7 Å². The van der Waals surface area contributed by atoms with Crippen LogP contribution < -0.4 is 5.32 Å². The number of benzene rings is 1. The van der Waals surface area contributed by atoms with Gasteiger partial charge in [-0.2, -0.15) is 12.6 Å². The minimum Gasteiger partial charge on any atom is -0.384 e. The van der Waals surface area contributed by atoms with Crippen LogP contribution in [0.2, 0.25) is 0 Å². The Hall–Kier alpha value is -0.630. The van der Waals surface area contributed by atoms with E-state index in [1.54, 1.807) is 0 Å². The van der Waals surface area contributed by atoms with Crippen molar-refractivity contribution in [3.05, 3.63) is 29.3 Å². The Kier molecular flexibility index (Phi) is 2.26. The Bertz CT molecular complexity index is 283. The minimum atomic E-state index is 0.941. The smallest absolute Gasteiger partial charge is 0.0376 e. The Morgan fingerprint density at radius 2 is 2.33 bits per heavy atom. The first-order valence-corrected chi connectivity index (χ1v) is 5.00. The van der Waals surface area contributed by atoms with Gasteiger partial charge >= 0.3 is 0 Å². The van der Waals surface area contributed by atoms with Gasteiger partial charge in [-0.3, -0.25) is 0 Å². The summed E-state index contributed by atoms with van der Waals surface area (Å²) >= 11 is 4.25. The van der Waals surface area contributed by atoms with E-state index in [1.165, 1.54) is 23.2 Å². The van der Waals surface area contributed by atoms with Gasteiger partial charge in [0.15, 0.2) is 0 Å². The van der Waals surface area contributed by atoms with Crippen molar-refractivity contribution in [1.82, 2.24) is 0 Å². The fourth-order valence-corrected chi connectivity index (χ4v) is 2.01. The summed E-state index contributed by atoms with van der Waals surface area (Å²) in [5.41, 5.74) is 4.30. The summed E-state index contributed by atoms with van der Waals surface area (Å²) in [6.07, 6.45) is 2.27. The molecule has 64 valence electrons. The van der Waals surface area contributed by atoms with Crippen LogP contribution in [-0.2, 0) is 12.8 Å². The van der Waals surface area contributed by atoms with Crippen molar-refractivity contribution in [1.29, 1.82) is 0 Å². The minimum absolute atomic E-state index is 0.941. The van der Waals surface area contributed by atoms with Crippen LogP contribution in [0.1, 0.15) is 11.1 Å². The van der Waals surface area contributed by atoms with E-state index in [2.05, 4.69) is 36.1 Å². The first-order valence-electron chi connectivity index (χ1n) is 4.37. The summed E-state index contributed by atoms with van der Waals surface area (Å²) in [4.78, 5) is 0. The van der Waals surface area contributed by atoms with Crippen molar-refractivity contribution >= 4 is 18.3 Å². The highest BCUT2D eigenvalue weighted by Crippen LogP contribution is 2.25. The second-order valence-corrected chi connectivity index (χ2v) is 3.54. The summed E-state index contributed by atoms with van der Waals surface area (Å²) in [7, 11) is 0. The van der Waals surface area contributed by atoms with Crippen molar-refractivity contribution in [2.75, 3.05) is 17.6 Å². The van der Waals surface area contributed by atoms with Gasteiger partial charge in [-0.25, -0.2) is 0 Å². The molecule has 2 heteroatoms. The molecule has 12 heavy (non-hydrogen) atoms. The maximum Gasteiger partial charge on any atom is 0.0376 e. The first-order chi connectivity index (χ1) is 5.92. The fraction of sp³-hybridized carbons (Fsp3) is 0.400. The molecule has 0 saturated heterocycles. The summed E-state index contributed by atoms with van der Waals surface area (Å²) in [5, 5.41) is 3.37. The van der Waals surface area contributed by atoms with E-state index in [4.69, 9.17) is 0 Å². The van der Waals surface area contributed by atoms with Gasteiger partial charge in [-0.1, -0.05) is 12.1 Å². The second kappa shape index (κ2) is 3.40. The molecule has 0 aromatic heterocycles. The number of anilines is 1. The van der Waals surface area contributed by atoms with Crippen molar-refractivity contribution < 1.29 is 0 Å². The molecule has 1 aromatic rings. The largest absolute Gasteiger partial charge is 0.384 e. The zero-order valence-corrected chi connectivity index (χ0v) is 7.90. The summed E-state index contributed by atoms with van der Waals surface area (Å²) in [6, 6.07) is 6.49. The normalized spacial score (nSPS) is 14.1. The Labute approximate surface area is 78.6 Å². The molecule has 0 atom stereocenters. The molecule has 1 aromatic carbocycles. The van der Waals surface area contributed by atoms with Crippen LogP contribution >= 0.6 is 12.6 Å². The van der Waals surface area contributed by atoms with Gasteiger partial charge in [0.05, 0.1) is 0 Å². The van der Waals surface area contributed by atoms with Crippen molar-refractivity contribution in [3.8, 4) is 0 Å². The third kappa shape index (κ3) is 1.31. The van der Waals surface area contributed by atoms with Gasteiger partial charge in [0.2, 0.25) is 0 Å². The molecule has 1 aliphatic heterocycles. The molecule has 1 aliphatic rings. The average molecular weight is 179 g/mol. The number of nitrogens with one attached hydrogen (secondary N) is 1. The number of fused-ring (bicyclic) bond motifs is 1. The molecule has 0 bridgehead atoms. The topological polar surface area (TPSA) is 12.0 Å². The zero-order chi connectivity index (χ0) is 8.39. The van der Waals surface area contributed by atoms with Crippen LogP contribution in [0.3, 0.4) is 0 Å². The van der Waals surface area contributed by atoms with E-state index in [1.807, 2.05) is 0 Å². The van der Waals surface area contributed by atoms with Crippen molar-refractivity contribution in [3.63, 3.8) is 0 Å². The number of rotatable bonds is 2. The number of hydrogen-bond donors (Lipinski definition) is 2. The highest BCUT2D eigenvalue weighted by atomic mass is 32.1. The van der Waals surface area contributed by atoms with Crippen LogP contribution in [0, 0.1) is 0 Å². The van der Waals surface area contributed by atoms with Gasteiger partial charge in [0.25, 0.3) is 0 Å². The molecule has 0 aliphatic carbocycles. The zero-order valence-electron chi connectivity index (χ0n) is 7.01. The molecule has 0 spiro atoms. The molecule has 0 saturated carbocycles. The lowest BCUT2D eigenvalue weighted by molar-refractivity contribution is 1.05. The molecule has 2 rings (SSSR count). The lowest BCUT2D eigenvalue weighted by atomic mass is 10.0. The van der Waals surface area contributed by atoms with Crippen LogP contribution in [0.4, 0.5) is 5.69 Å². The SMILES string of the molecule is SCCc1cccc2c1CCN2. The summed E-state index contributed by atoms with van der Waals surface area (Å²) < 4.78 is 0. The van der Waals surface area contributed by atoms with Crippen LogP contribution in [0.15, 0.2) is 18.2 Å². The number of thiol groups is 1. The highest BCUT2D eigenvalue weighted by molar-refractivity contribution is 7.80. The monoisotopic (exact) mass is 179 g/mol. The number of hydrogen-bond acceptors (Lipinski definition) is 2. The lowest BCUT2D eigenvalue weighted by Gasteiger charge is -2.05. The summed E-state index contributed by atoms with van der Waals surface area (Å²) in [6.45, 7) is 1.10. The predicted octanol–water partition coefficient (Wildman–Crippen LogP) is 2.13. The quantitative estimate of drug-likeness (QED) is 0.663. The molecular formula is C10H13NS. The standard InChI is InChI=1S/C10H13NS/c12-7-5-8-2-1-3-10-9(8)4-6-11-10/h1-3,11-12H,4-7H2. The van der Waals surface area contributed by atoms with Gasteiger partial charge in [-0.05, 0) is 35.8 Å². The van der Waals surface area contributed by atoms with E-state index in [9.17, 15) is 0 Å². The van der Waals surface area contributed by atoms with Gasteiger partial charge in [0, 0.05) is 12.2 Å². The van der Waals surface area contributed by atoms with Crippen molar-refractivity contribution in [2.45, 2.75) is 12.8 Å². The Balaban J connectivity index is 2.36. The van der Waals surface area contributed by atoms with E-state index in [-0.39, 0.29) is 0 Å². The van der Waals surface area contributed by atoms with Crippen molar-refractivity contribution in [2.24, 2.45) is 0 Å². The molecule has 1 N–H and O–H groups in total. The lowest BCUT2D eigenvalue weighted by Crippen LogP contribution is -1.92. The molecular weight excluding hydrogens is 166 g/mol. The third-order valence-electron chi connectivity index (χ3n) is 2.34. The maximum atomic E-state index is 4.25. The van der Waals surface area contributed by atoms with E-state index < -0.39 is 0 Å². The average Bonchev–Trinajstić information content (AvgIpc) is 2.53. The van der Waals surface area contributed by atoms with Gasteiger partial charge in [0.1, 0.15) is 0 Å². The predicted molar refractivity (Wildman–Crippen MR) is 56.2 cm³/mol. The molecule has 0 fully saturated rings. The summed E-state index contributed by atoms with van der Waals surface area (Å²) in [5.74, 6) is 0.941.